The molecule has 1 fully saturated rings. The van der Waals surface area contributed by atoms with Crippen LogP contribution in [0.5, 0.6) is 0 Å². The Hall–Kier alpha value is -1.00. The van der Waals surface area contributed by atoms with Crippen LogP contribution >= 0.6 is 11.5 Å². The molecule has 1 aromatic carbocycles. The number of rotatable bonds is 1. The largest absolute Gasteiger partial charge is 0.316 e. The lowest BCUT2D eigenvalue weighted by Gasteiger charge is -2.23. The molecule has 0 bridgehead atoms. The van der Waals surface area contributed by atoms with Crippen molar-refractivity contribution in [3.63, 3.8) is 0 Å². The van der Waals surface area contributed by atoms with Crippen molar-refractivity contribution < 1.29 is 0 Å². The van der Waals surface area contributed by atoms with Crippen LogP contribution < -0.4 is 5.32 Å². The van der Waals surface area contributed by atoms with Gasteiger partial charge in [-0.3, -0.25) is 0 Å². The van der Waals surface area contributed by atoms with E-state index in [9.17, 15) is 0 Å². The predicted molar refractivity (Wildman–Crippen MR) is 62.3 cm³/mol. The molecule has 0 radical (unpaired) electrons. The van der Waals surface area contributed by atoms with Crippen molar-refractivity contribution in [3.8, 4) is 0 Å². The summed E-state index contributed by atoms with van der Waals surface area (Å²) in [4.78, 5) is 0. The lowest BCUT2D eigenvalue weighted by atomic mass is 9.91. The molecular weight excluding hydrogens is 206 g/mol. The first-order chi connectivity index (χ1) is 7.45. The quantitative estimate of drug-likeness (QED) is 0.798. The SMILES string of the molecule is c1cc(C2CCCNC2)c2snnc2c1. The van der Waals surface area contributed by atoms with Gasteiger partial charge in [0, 0.05) is 6.54 Å². The Kier molecular flexibility index (Phi) is 2.38. The van der Waals surface area contributed by atoms with Crippen LogP contribution in [-0.4, -0.2) is 22.7 Å². The highest BCUT2D eigenvalue weighted by molar-refractivity contribution is 7.13. The van der Waals surface area contributed by atoms with Crippen molar-refractivity contribution in [2.24, 2.45) is 0 Å². The first-order valence-corrected chi connectivity index (χ1v) is 6.14. The maximum atomic E-state index is 4.12. The lowest BCUT2D eigenvalue weighted by Crippen LogP contribution is -2.28. The zero-order chi connectivity index (χ0) is 10.1. The number of piperidine rings is 1. The molecule has 4 heteroatoms. The molecule has 2 heterocycles. The van der Waals surface area contributed by atoms with Gasteiger partial charge in [0.25, 0.3) is 0 Å². The lowest BCUT2D eigenvalue weighted by molar-refractivity contribution is 0.464. The van der Waals surface area contributed by atoms with E-state index in [2.05, 4.69) is 27.0 Å². The Morgan fingerprint density at radius 2 is 2.40 bits per heavy atom. The van der Waals surface area contributed by atoms with Crippen LogP contribution in [0.4, 0.5) is 0 Å². The van der Waals surface area contributed by atoms with Gasteiger partial charge < -0.3 is 5.32 Å². The van der Waals surface area contributed by atoms with E-state index in [1.165, 1.54) is 34.6 Å². The highest BCUT2D eigenvalue weighted by Gasteiger charge is 2.18. The van der Waals surface area contributed by atoms with E-state index >= 15 is 0 Å². The average Bonchev–Trinajstić information content (AvgIpc) is 2.78. The summed E-state index contributed by atoms with van der Waals surface area (Å²) in [5.41, 5.74) is 2.47. The normalized spacial score (nSPS) is 22.0. The van der Waals surface area contributed by atoms with Gasteiger partial charge in [0.15, 0.2) is 0 Å². The van der Waals surface area contributed by atoms with E-state index in [1.807, 2.05) is 6.07 Å². The van der Waals surface area contributed by atoms with E-state index in [0.29, 0.717) is 5.92 Å². The number of nitrogens with zero attached hydrogens (tertiary/aromatic N) is 2. The van der Waals surface area contributed by atoms with E-state index in [4.69, 9.17) is 0 Å². The Bertz CT molecular complexity index is 460. The molecule has 78 valence electrons. The van der Waals surface area contributed by atoms with Gasteiger partial charge in [-0.2, -0.15) is 0 Å². The van der Waals surface area contributed by atoms with Gasteiger partial charge in [-0.15, -0.1) is 5.10 Å². The molecule has 1 aliphatic heterocycles. The molecule has 1 saturated heterocycles. The van der Waals surface area contributed by atoms with Crippen molar-refractivity contribution >= 4 is 21.7 Å². The smallest absolute Gasteiger partial charge is 0.106 e. The molecule has 0 spiro atoms. The van der Waals surface area contributed by atoms with Crippen molar-refractivity contribution in [2.45, 2.75) is 18.8 Å². The summed E-state index contributed by atoms with van der Waals surface area (Å²) in [6.45, 7) is 2.25. The molecule has 1 atom stereocenters. The van der Waals surface area contributed by atoms with Gasteiger partial charge >= 0.3 is 0 Å². The third-order valence-electron chi connectivity index (χ3n) is 3.04. The molecule has 15 heavy (non-hydrogen) atoms. The van der Waals surface area contributed by atoms with Crippen LogP contribution in [0.25, 0.3) is 10.2 Å². The fourth-order valence-corrected chi connectivity index (χ4v) is 3.02. The van der Waals surface area contributed by atoms with Crippen LogP contribution in [0.15, 0.2) is 18.2 Å². The highest BCUT2D eigenvalue weighted by atomic mass is 32.1. The van der Waals surface area contributed by atoms with Gasteiger partial charge in [0.05, 0.1) is 4.70 Å². The van der Waals surface area contributed by atoms with E-state index < -0.39 is 0 Å². The second-order valence-corrected chi connectivity index (χ2v) is 4.77. The van der Waals surface area contributed by atoms with Gasteiger partial charge in [0.2, 0.25) is 0 Å². The third kappa shape index (κ3) is 1.64. The standard InChI is InChI=1S/C11H13N3S/c1-4-9(8-3-2-6-12-7-8)11-10(5-1)13-14-15-11/h1,4-5,8,12H,2-3,6-7H2. The van der Waals surface area contributed by atoms with Crippen molar-refractivity contribution in [3.05, 3.63) is 23.8 Å². The van der Waals surface area contributed by atoms with Crippen molar-refractivity contribution in [1.82, 2.24) is 14.9 Å². The summed E-state index contributed by atoms with van der Waals surface area (Å²) in [5.74, 6) is 0.643. The molecule has 0 amide bonds. The third-order valence-corrected chi connectivity index (χ3v) is 3.83. The highest BCUT2D eigenvalue weighted by Crippen LogP contribution is 2.30. The zero-order valence-electron chi connectivity index (χ0n) is 8.44. The number of nitrogens with one attached hydrogen (secondary N) is 1. The van der Waals surface area contributed by atoms with Crippen LogP contribution in [0, 0.1) is 0 Å². The molecule has 2 aromatic rings. The molecule has 1 N–H and O–H groups in total. The minimum absolute atomic E-state index is 0.643. The Balaban J connectivity index is 2.05. The number of fused-ring (bicyclic) bond motifs is 1. The van der Waals surface area contributed by atoms with Gasteiger partial charge in [-0.05, 0) is 48.5 Å². The number of aromatic nitrogens is 2. The zero-order valence-corrected chi connectivity index (χ0v) is 9.26. The monoisotopic (exact) mass is 219 g/mol. The van der Waals surface area contributed by atoms with Gasteiger partial charge in [0.1, 0.15) is 5.52 Å². The first kappa shape index (κ1) is 9.24. The average molecular weight is 219 g/mol. The minimum atomic E-state index is 0.643. The second-order valence-electron chi connectivity index (χ2n) is 4.01. The molecule has 1 aliphatic rings. The summed E-state index contributed by atoms with van der Waals surface area (Å²) in [6.07, 6.45) is 2.55. The summed E-state index contributed by atoms with van der Waals surface area (Å²) < 4.78 is 5.30. The molecule has 0 aliphatic carbocycles. The fourth-order valence-electron chi connectivity index (χ4n) is 2.26. The summed E-state index contributed by atoms with van der Waals surface area (Å²) in [6, 6.07) is 6.35. The van der Waals surface area contributed by atoms with Gasteiger partial charge in [-0.25, -0.2) is 0 Å². The summed E-state index contributed by atoms with van der Waals surface area (Å²) in [7, 11) is 0. The summed E-state index contributed by atoms with van der Waals surface area (Å²) in [5, 5.41) is 7.58. The van der Waals surface area contributed by atoms with Crippen LogP contribution in [0.2, 0.25) is 0 Å². The molecular formula is C11H13N3S. The van der Waals surface area contributed by atoms with E-state index in [1.54, 1.807) is 0 Å². The van der Waals surface area contributed by atoms with Crippen molar-refractivity contribution in [1.29, 1.82) is 0 Å². The maximum absolute atomic E-state index is 4.12. The first-order valence-electron chi connectivity index (χ1n) is 5.37. The minimum Gasteiger partial charge on any atom is -0.316 e. The topological polar surface area (TPSA) is 37.8 Å². The van der Waals surface area contributed by atoms with Crippen LogP contribution in [0.1, 0.15) is 24.3 Å². The Morgan fingerprint density at radius 3 is 3.27 bits per heavy atom. The van der Waals surface area contributed by atoms with E-state index in [-0.39, 0.29) is 0 Å². The van der Waals surface area contributed by atoms with Crippen LogP contribution in [0.3, 0.4) is 0 Å². The molecule has 1 aromatic heterocycles. The maximum Gasteiger partial charge on any atom is 0.106 e. The summed E-state index contributed by atoms with van der Waals surface area (Å²) >= 11 is 1.52. The number of hydrogen-bond acceptors (Lipinski definition) is 4. The van der Waals surface area contributed by atoms with Crippen molar-refractivity contribution in [2.75, 3.05) is 13.1 Å². The second kappa shape index (κ2) is 3.87. The Morgan fingerprint density at radius 1 is 1.40 bits per heavy atom. The molecule has 1 unspecified atom stereocenters. The van der Waals surface area contributed by atoms with E-state index in [0.717, 1.165) is 18.6 Å². The van der Waals surface area contributed by atoms with Gasteiger partial charge in [-0.1, -0.05) is 16.6 Å². The predicted octanol–water partition coefficient (Wildman–Crippen LogP) is 2.16. The Labute approximate surface area is 92.7 Å². The molecule has 3 nitrogen and oxygen atoms in total. The molecule has 0 saturated carbocycles. The molecule has 3 rings (SSSR count). The number of benzene rings is 1. The number of hydrogen-bond donors (Lipinski definition) is 1. The van der Waals surface area contributed by atoms with Crippen LogP contribution in [-0.2, 0) is 0 Å². The fraction of sp³-hybridized carbons (Fsp3) is 0.455.